The highest BCUT2D eigenvalue weighted by molar-refractivity contribution is 5.83. The molecule has 0 aromatic heterocycles. The molecule has 2 rings (SSSR count). The number of nitrogens with zero attached hydrogens (tertiary/aromatic N) is 2. The molecule has 0 N–H and O–H groups in total. The lowest BCUT2D eigenvalue weighted by atomic mass is 10.1. The first-order valence-corrected chi connectivity index (χ1v) is 6.58. The monoisotopic (exact) mass is 342 g/mol. The molecule has 0 fully saturated rings. The lowest BCUT2D eigenvalue weighted by molar-refractivity contribution is -0.137. The van der Waals surface area contributed by atoms with Gasteiger partial charge in [-0.05, 0) is 17.7 Å². The number of hydrogen-bond donors (Lipinski definition) is 0. The highest BCUT2D eigenvalue weighted by Crippen LogP contribution is 2.28. The second-order valence-corrected chi connectivity index (χ2v) is 4.61. The SMILES string of the molecule is COc1cc(F)c(/C=N/N=C/c2ccc(C(F)(F)F)cc2)c(F)c1. The van der Waals surface area contributed by atoms with Gasteiger partial charge in [0, 0.05) is 12.1 Å². The molecule has 2 aromatic rings. The molecule has 0 saturated carbocycles. The maximum atomic E-state index is 13.6. The minimum Gasteiger partial charge on any atom is -0.497 e. The molecule has 0 aliphatic heterocycles. The van der Waals surface area contributed by atoms with Crippen molar-refractivity contribution < 1.29 is 26.7 Å². The van der Waals surface area contributed by atoms with Crippen LogP contribution in [0.25, 0.3) is 0 Å². The Balaban J connectivity index is 2.10. The number of alkyl halides is 3. The van der Waals surface area contributed by atoms with Gasteiger partial charge >= 0.3 is 6.18 Å². The van der Waals surface area contributed by atoms with E-state index in [9.17, 15) is 22.0 Å². The molecular formula is C16H11F5N2O. The van der Waals surface area contributed by atoms with Gasteiger partial charge in [-0.15, -0.1) is 0 Å². The van der Waals surface area contributed by atoms with Gasteiger partial charge < -0.3 is 4.74 Å². The van der Waals surface area contributed by atoms with E-state index in [4.69, 9.17) is 4.74 Å². The topological polar surface area (TPSA) is 34.0 Å². The van der Waals surface area contributed by atoms with Crippen LogP contribution in [0.2, 0.25) is 0 Å². The first kappa shape index (κ1) is 17.6. The van der Waals surface area contributed by atoms with E-state index in [-0.39, 0.29) is 5.75 Å². The molecule has 0 amide bonds. The Kier molecular flexibility index (Phi) is 5.28. The van der Waals surface area contributed by atoms with Crippen molar-refractivity contribution in [2.45, 2.75) is 6.18 Å². The smallest absolute Gasteiger partial charge is 0.416 e. The number of ether oxygens (including phenoxy) is 1. The van der Waals surface area contributed by atoms with Gasteiger partial charge in [0.15, 0.2) is 0 Å². The summed E-state index contributed by atoms with van der Waals surface area (Å²) in [5, 5.41) is 7.04. The van der Waals surface area contributed by atoms with Gasteiger partial charge in [0.05, 0.1) is 30.7 Å². The van der Waals surface area contributed by atoms with E-state index in [1.807, 2.05) is 0 Å². The van der Waals surface area contributed by atoms with Crippen LogP contribution in [0.4, 0.5) is 22.0 Å². The zero-order valence-electron chi connectivity index (χ0n) is 12.3. The van der Waals surface area contributed by atoms with Gasteiger partial charge in [-0.1, -0.05) is 12.1 Å². The maximum absolute atomic E-state index is 13.6. The lowest BCUT2D eigenvalue weighted by Gasteiger charge is -2.05. The van der Waals surface area contributed by atoms with E-state index in [2.05, 4.69) is 10.2 Å². The molecule has 8 heteroatoms. The summed E-state index contributed by atoms with van der Waals surface area (Å²) in [5.41, 5.74) is -0.832. The molecule has 24 heavy (non-hydrogen) atoms. The van der Waals surface area contributed by atoms with Crippen molar-refractivity contribution in [1.29, 1.82) is 0 Å². The average Bonchev–Trinajstić information content (AvgIpc) is 2.52. The van der Waals surface area contributed by atoms with Crippen LogP contribution in [-0.2, 0) is 6.18 Å². The molecular weight excluding hydrogens is 331 g/mol. The number of benzene rings is 2. The van der Waals surface area contributed by atoms with Gasteiger partial charge in [-0.25, -0.2) is 8.78 Å². The minimum atomic E-state index is -4.42. The largest absolute Gasteiger partial charge is 0.497 e. The van der Waals surface area contributed by atoms with Crippen LogP contribution in [-0.4, -0.2) is 19.5 Å². The van der Waals surface area contributed by atoms with Crippen LogP contribution in [0.5, 0.6) is 5.75 Å². The molecule has 0 saturated heterocycles. The standard InChI is InChI=1S/C16H11F5N2O/c1-24-12-6-14(17)13(15(18)7-12)9-23-22-8-10-2-4-11(5-3-10)16(19,20)21/h2-9H,1H3/b22-8+,23-9+. The highest BCUT2D eigenvalue weighted by Gasteiger charge is 2.29. The third kappa shape index (κ3) is 4.37. The Hall–Kier alpha value is -2.77. The van der Waals surface area contributed by atoms with E-state index in [1.165, 1.54) is 19.2 Å². The van der Waals surface area contributed by atoms with E-state index in [0.29, 0.717) is 5.56 Å². The van der Waals surface area contributed by atoms with Crippen molar-refractivity contribution in [3.8, 4) is 5.75 Å². The molecule has 3 nitrogen and oxygen atoms in total. The fourth-order valence-electron chi connectivity index (χ4n) is 1.75. The predicted molar refractivity (Wildman–Crippen MR) is 79.5 cm³/mol. The van der Waals surface area contributed by atoms with Crippen molar-refractivity contribution in [2.75, 3.05) is 7.11 Å². The summed E-state index contributed by atoms with van der Waals surface area (Å²) in [7, 11) is 1.27. The molecule has 126 valence electrons. The second-order valence-electron chi connectivity index (χ2n) is 4.61. The Morgan fingerprint density at radius 1 is 0.917 bits per heavy atom. The molecule has 0 aliphatic carbocycles. The van der Waals surface area contributed by atoms with Crippen LogP contribution < -0.4 is 4.74 Å². The van der Waals surface area contributed by atoms with Crippen LogP contribution >= 0.6 is 0 Å². The summed E-state index contributed by atoms with van der Waals surface area (Å²) in [4.78, 5) is 0. The zero-order chi connectivity index (χ0) is 17.7. The van der Waals surface area contributed by atoms with Crippen molar-refractivity contribution in [2.24, 2.45) is 10.2 Å². The van der Waals surface area contributed by atoms with Gasteiger partial charge in [0.25, 0.3) is 0 Å². The van der Waals surface area contributed by atoms with Crippen LogP contribution in [0.3, 0.4) is 0 Å². The van der Waals surface area contributed by atoms with E-state index in [0.717, 1.165) is 36.7 Å². The zero-order valence-corrected chi connectivity index (χ0v) is 12.3. The molecule has 0 spiro atoms. The van der Waals surface area contributed by atoms with Crippen molar-refractivity contribution >= 4 is 12.4 Å². The normalized spacial score (nSPS) is 12.2. The Labute approximate surface area is 134 Å². The van der Waals surface area contributed by atoms with Crippen molar-refractivity contribution in [1.82, 2.24) is 0 Å². The third-order valence-corrected chi connectivity index (χ3v) is 2.99. The lowest BCUT2D eigenvalue weighted by Crippen LogP contribution is -2.04. The number of halogens is 5. The number of hydrogen-bond acceptors (Lipinski definition) is 3. The van der Waals surface area contributed by atoms with E-state index < -0.39 is 28.9 Å². The van der Waals surface area contributed by atoms with Crippen molar-refractivity contribution in [3.05, 3.63) is 64.7 Å². The third-order valence-electron chi connectivity index (χ3n) is 2.99. The fraction of sp³-hybridized carbons (Fsp3) is 0.125. The molecule has 0 aliphatic rings. The van der Waals surface area contributed by atoms with Crippen LogP contribution in [0.15, 0.2) is 46.6 Å². The molecule has 0 unspecified atom stereocenters. The van der Waals surface area contributed by atoms with Crippen LogP contribution in [0.1, 0.15) is 16.7 Å². The Morgan fingerprint density at radius 2 is 1.46 bits per heavy atom. The fourth-order valence-corrected chi connectivity index (χ4v) is 1.75. The van der Waals surface area contributed by atoms with Gasteiger partial charge in [0.2, 0.25) is 0 Å². The minimum absolute atomic E-state index is 0.0235. The van der Waals surface area contributed by atoms with Crippen LogP contribution in [0, 0.1) is 11.6 Å². The van der Waals surface area contributed by atoms with Gasteiger partial charge in [-0.3, -0.25) is 0 Å². The summed E-state index contributed by atoms with van der Waals surface area (Å²) in [6, 6.07) is 6.18. The van der Waals surface area contributed by atoms with Gasteiger partial charge in [-0.2, -0.15) is 23.4 Å². The summed E-state index contributed by atoms with van der Waals surface area (Å²) >= 11 is 0. The van der Waals surface area contributed by atoms with E-state index in [1.54, 1.807) is 0 Å². The maximum Gasteiger partial charge on any atom is 0.416 e. The van der Waals surface area contributed by atoms with Crippen molar-refractivity contribution in [3.63, 3.8) is 0 Å². The summed E-state index contributed by atoms with van der Waals surface area (Å²) in [6.07, 6.45) is -2.39. The molecule has 0 atom stereocenters. The molecule has 0 bridgehead atoms. The molecule has 0 heterocycles. The Bertz CT molecular complexity index is 744. The average molecular weight is 342 g/mol. The first-order chi connectivity index (χ1) is 11.3. The second kappa shape index (κ2) is 7.20. The number of methoxy groups -OCH3 is 1. The first-order valence-electron chi connectivity index (χ1n) is 6.58. The highest BCUT2D eigenvalue weighted by atomic mass is 19.4. The van der Waals surface area contributed by atoms with Gasteiger partial charge in [0.1, 0.15) is 17.4 Å². The predicted octanol–water partition coefficient (Wildman–Crippen LogP) is 4.45. The molecule has 0 radical (unpaired) electrons. The summed E-state index contributed by atoms with van der Waals surface area (Å²) < 4.78 is 69.2. The number of rotatable bonds is 4. The molecule has 2 aromatic carbocycles. The quantitative estimate of drug-likeness (QED) is 0.459. The van der Waals surface area contributed by atoms with E-state index >= 15 is 0 Å². The summed E-state index contributed by atoms with van der Waals surface area (Å²) in [6.45, 7) is 0. The Morgan fingerprint density at radius 3 is 1.96 bits per heavy atom. The summed E-state index contributed by atoms with van der Waals surface area (Å²) in [5.74, 6) is -1.73.